The minimum Gasteiger partial charge on any atom is -0.282 e. The van der Waals surface area contributed by atoms with Crippen LogP contribution in [0.5, 0.6) is 0 Å². The summed E-state index contributed by atoms with van der Waals surface area (Å²) >= 11 is 4.34. The molecule has 1 unspecified atom stereocenters. The van der Waals surface area contributed by atoms with Gasteiger partial charge in [0.05, 0.1) is 0 Å². The summed E-state index contributed by atoms with van der Waals surface area (Å²) in [5, 5.41) is 0. The predicted molar refractivity (Wildman–Crippen MR) is 73.6 cm³/mol. The average Bonchev–Trinajstić information content (AvgIpc) is 2.40. The van der Waals surface area contributed by atoms with Gasteiger partial charge in [0.25, 0.3) is 0 Å². The number of rotatable bonds is 4. The van der Waals surface area contributed by atoms with E-state index in [4.69, 9.17) is 0 Å². The molecular weight excluding hydrogens is 246 g/mol. The summed E-state index contributed by atoms with van der Waals surface area (Å²) in [6.45, 7) is 0.450. The first kappa shape index (κ1) is 13.1. The highest BCUT2D eigenvalue weighted by Gasteiger charge is 2.28. The molecular formula is C14H17NO2S. The van der Waals surface area contributed by atoms with E-state index in [9.17, 15) is 9.59 Å². The highest BCUT2D eigenvalue weighted by atomic mass is 32.1. The van der Waals surface area contributed by atoms with Crippen LogP contribution in [-0.4, -0.2) is 29.0 Å². The molecule has 1 aliphatic heterocycles. The normalized spacial score (nSPS) is 17.9. The van der Waals surface area contributed by atoms with Gasteiger partial charge in [0.15, 0.2) is 0 Å². The van der Waals surface area contributed by atoms with Crippen LogP contribution >= 0.6 is 12.6 Å². The van der Waals surface area contributed by atoms with Crippen molar-refractivity contribution in [3.8, 4) is 0 Å². The quantitative estimate of drug-likeness (QED) is 0.668. The van der Waals surface area contributed by atoms with Crippen molar-refractivity contribution in [1.29, 1.82) is 0 Å². The lowest BCUT2D eigenvalue weighted by molar-refractivity contribution is -0.148. The molecule has 3 nitrogen and oxygen atoms in total. The molecule has 1 fully saturated rings. The molecule has 0 N–H and O–H groups in total. The van der Waals surface area contributed by atoms with E-state index in [1.807, 2.05) is 30.3 Å². The molecule has 1 saturated heterocycles. The van der Waals surface area contributed by atoms with Gasteiger partial charge in [0.1, 0.15) is 0 Å². The molecule has 0 spiro atoms. The summed E-state index contributed by atoms with van der Waals surface area (Å²) in [6, 6.07) is 9.91. The molecule has 0 radical (unpaired) electrons. The maximum Gasteiger partial charge on any atom is 0.229 e. The topological polar surface area (TPSA) is 37.4 Å². The second kappa shape index (κ2) is 6.05. The zero-order chi connectivity index (χ0) is 13.0. The minimum atomic E-state index is -0.0473. The molecule has 0 bridgehead atoms. The third-order valence-electron chi connectivity index (χ3n) is 3.28. The third kappa shape index (κ3) is 2.93. The smallest absolute Gasteiger partial charge is 0.229 e. The van der Waals surface area contributed by atoms with Gasteiger partial charge >= 0.3 is 0 Å². The lowest BCUT2D eigenvalue weighted by atomic mass is 9.99. The van der Waals surface area contributed by atoms with Crippen LogP contribution in [0, 0.1) is 0 Å². The van der Waals surface area contributed by atoms with Crippen LogP contribution in [0.1, 0.15) is 30.7 Å². The standard InChI is InChI=1S/C14H17NO2S/c16-13-7-4-8-14(17)15(13)9-12(10-18)11-5-2-1-3-6-11/h1-3,5-6,12,18H,4,7-10H2. The minimum absolute atomic E-state index is 0.0473. The first-order valence-corrected chi connectivity index (χ1v) is 6.84. The van der Waals surface area contributed by atoms with Crippen molar-refractivity contribution in [2.45, 2.75) is 25.2 Å². The number of hydrogen-bond acceptors (Lipinski definition) is 3. The molecule has 2 amide bonds. The maximum atomic E-state index is 11.8. The van der Waals surface area contributed by atoms with Crippen LogP contribution in [-0.2, 0) is 9.59 Å². The van der Waals surface area contributed by atoms with E-state index in [1.54, 1.807) is 0 Å². The van der Waals surface area contributed by atoms with Gasteiger partial charge in [-0.05, 0) is 17.7 Å². The van der Waals surface area contributed by atoms with E-state index in [1.165, 1.54) is 4.90 Å². The van der Waals surface area contributed by atoms with Crippen LogP contribution in [0.15, 0.2) is 30.3 Å². The molecule has 4 heteroatoms. The van der Waals surface area contributed by atoms with Gasteiger partial charge in [-0.1, -0.05) is 30.3 Å². The summed E-state index contributed by atoms with van der Waals surface area (Å²) in [6.07, 6.45) is 1.66. The first-order chi connectivity index (χ1) is 8.72. The van der Waals surface area contributed by atoms with E-state index >= 15 is 0 Å². The Morgan fingerprint density at radius 1 is 1.11 bits per heavy atom. The van der Waals surface area contributed by atoms with Gasteiger partial charge in [0, 0.05) is 25.3 Å². The molecule has 96 valence electrons. The van der Waals surface area contributed by atoms with Gasteiger partial charge in [-0.3, -0.25) is 14.5 Å². The van der Waals surface area contributed by atoms with Crippen molar-refractivity contribution in [1.82, 2.24) is 4.90 Å². The van der Waals surface area contributed by atoms with Crippen molar-refractivity contribution in [3.63, 3.8) is 0 Å². The second-order valence-corrected chi connectivity index (χ2v) is 4.91. The Morgan fingerprint density at radius 2 is 1.72 bits per heavy atom. The zero-order valence-electron chi connectivity index (χ0n) is 10.2. The first-order valence-electron chi connectivity index (χ1n) is 6.21. The molecule has 1 aliphatic rings. The summed E-state index contributed by atoms with van der Waals surface area (Å²) in [5.74, 6) is 0.643. The summed E-state index contributed by atoms with van der Waals surface area (Å²) < 4.78 is 0. The molecule has 0 aromatic heterocycles. The number of nitrogens with zero attached hydrogens (tertiary/aromatic N) is 1. The monoisotopic (exact) mass is 263 g/mol. The van der Waals surface area contributed by atoms with Gasteiger partial charge < -0.3 is 0 Å². The van der Waals surface area contributed by atoms with Gasteiger partial charge in [0.2, 0.25) is 11.8 Å². The van der Waals surface area contributed by atoms with Crippen LogP contribution in [0.3, 0.4) is 0 Å². The highest BCUT2D eigenvalue weighted by Crippen LogP contribution is 2.21. The van der Waals surface area contributed by atoms with E-state index in [-0.39, 0.29) is 17.7 Å². The Balaban J connectivity index is 2.10. The van der Waals surface area contributed by atoms with Crippen molar-refractivity contribution >= 4 is 24.4 Å². The Morgan fingerprint density at radius 3 is 2.28 bits per heavy atom. The molecule has 1 aromatic carbocycles. The Bertz CT molecular complexity index is 417. The fourth-order valence-electron chi connectivity index (χ4n) is 2.22. The predicted octanol–water partition coefficient (Wildman–Crippen LogP) is 2.24. The van der Waals surface area contributed by atoms with E-state index in [0.29, 0.717) is 31.6 Å². The molecule has 1 aromatic rings. The lowest BCUT2D eigenvalue weighted by Gasteiger charge is -2.28. The highest BCUT2D eigenvalue weighted by molar-refractivity contribution is 7.80. The van der Waals surface area contributed by atoms with Crippen LogP contribution in [0.4, 0.5) is 0 Å². The van der Waals surface area contributed by atoms with Crippen molar-refractivity contribution in [2.24, 2.45) is 0 Å². The number of amides is 2. The van der Waals surface area contributed by atoms with Gasteiger partial charge in [-0.15, -0.1) is 0 Å². The molecule has 0 aliphatic carbocycles. The maximum absolute atomic E-state index is 11.8. The van der Waals surface area contributed by atoms with E-state index in [2.05, 4.69) is 12.6 Å². The summed E-state index contributed by atoms with van der Waals surface area (Å²) in [4.78, 5) is 24.9. The van der Waals surface area contributed by atoms with Crippen LogP contribution < -0.4 is 0 Å². The van der Waals surface area contributed by atoms with Gasteiger partial charge in [-0.25, -0.2) is 0 Å². The fourth-order valence-corrected chi connectivity index (χ4v) is 2.54. The Hall–Kier alpha value is -1.29. The second-order valence-electron chi connectivity index (χ2n) is 4.54. The number of carbonyl (C=O) groups is 2. The van der Waals surface area contributed by atoms with Crippen molar-refractivity contribution in [3.05, 3.63) is 35.9 Å². The van der Waals surface area contributed by atoms with Crippen molar-refractivity contribution < 1.29 is 9.59 Å². The largest absolute Gasteiger partial charge is 0.282 e. The molecule has 2 rings (SSSR count). The molecule has 18 heavy (non-hydrogen) atoms. The van der Waals surface area contributed by atoms with E-state index in [0.717, 1.165) is 5.56 Å². The SMILES string of the molecule is O=C1CCCC(=O)N1CC(CS)c1ccccc1. The number of piperidine rings is 1. The molecule has 1 heterocycles. The number of thiol groups is 1. The number of carbonyl (C=O) groups excluding carboxylic acids is 2. The number of benzene rings is 1. The van der Waals surface area contributed by atoms with Gasteiger partial charge in [-0.2, -0.15) is 12.6 Å². The fraction of sp³-hybridized carbons (Fsp3) is 0.429. The lowest BCUT2D eigenvalue weighted by Crippen LogP contribution is -2.42. The average molecular weight is 263 g/mol. The van der Waals surface area contributed by atoms with E-state index < -0.39 is 0 Å². The molecule has 1 atom stereocenters. The summed E-state index contributed by atoms with van der Waals surface area (Å²) in [7, 11) is 0. The summed E-state index contributed by atoms with van der Waals surface area (Å²) in [5.41, 5.74) is 1.12. The number of hydrogen-bond donors (Lipinski definition) is 1. The Labute approximate surface area is 113 Å². The van der Waals surface area contributed by atoms with Crippen LogP contribution in [0.2, 0.25) is 0 Å². The third-order valence-corrected chi connectivity index (χ3v) is 3.72. The Kier molecular flexibility index (Phi) is 4.42. The molecule has 0 saturated carbocycles. The number of imide groups is 1. The van der Waals surface area contributed by atoms with Crippen LogP contribution in [0.25, 0.3) is 0 Å². The number of likely N-dealkylation sites (tertiary alicyclic amines) is 1. The van der Waals surface area contributed by atoms with Crippen molar-refractivity contribution in [2.75, 3.05) is 12.3 Å². The zero-order valence-corrected chi connectivity index (χ0v) is 11.1.